The summed E-state index contributed by atoms with van der Waals surface area (Å²) in [7, 11) is 0. The molecule has 0 atom stereocenters. The van der Waals surface area contributed by atoms with Crippen LogP contribution in [0.3, 0.4) is 0 Å². The van der Waals surface area contributed by atoms with Crippen LogP contribution in [0.1, 0.15) is 0 Å². The summed E-state index contributed by atoms with van der Waals surface area (Å²) in [6.45, 7) is 0. The molecule has 1 heterocycles. The molecule has 2 rings (SSSR count). The highest BCUT2D eigenvalue weighted by atomic mass is 35.5. The summed E-state index contributed by atoms with van der Waals surface area (Å²) in [5.41, 5.74) is 6.03. The number of para-hydroxylation sites is 1. The van der Waals surface area contributed by atoms with Gasteiger partial charge in [-0.05, 0) is 12.1 Å². The molecule has 2 aromatic rings. The van der Waals surface area contributed by atoms with Crippen LogP contribution in [0.2, 0.25) is 5.02 Å². The number of nitrogens with two attached hydrogens (primary N) is 1. The van der Waals surface area contributed by atoms with Crippen molar-refractivity contribution < 1.29 is 0 Å². The van der Waals surface area contributed by atoms with Crippen LogP contribution in [0.4, 0.5) is 5.82 Å². The van der Waals surface area contributed by atoms with Crippen molar-refractivity contribution in [2.24, 2.45) is 0 Å². The van der Waals surface area contributed by atoms with E-state index in [2.05, 4.69) is 5.10 Å². The number of halogens is 1. The Hall–Kier alpha value is -1.68. The molecule has 0 fully saturated rings. The first-order valence-electron chi connectivity index (χ1n) is 4.01. The minimum atomic E-state index is -0.248. The zero-order valence-corrected chi connectivity index (χ0v) is 7.95. The van der Waals surface area contributed by atoms with Crippen molar-refractivity contribution in [3.8, 4) is 5.69 Å². The van der Waals surface area contributed by atoms with E-state index < -0.39 is 0 Å². The Morgan fingerprint density at radius 3 is 2.64 bits per heavy atom. The van der Waals surface area contributed by atoms with Crippen molar-refractivity contribution in [1.29, 1.82) is 0 Å². The van der Waals surface area contributed by atoms with E-state index in [9.17, 15) is 4.79 Å². The largest absolute Gasteiger partial charge is 0.384 e. The van der Waals surface area contributed by atoms with Crippen LogP contribution in [0.25, 0.3) is 5.69 Å². The number of nitrogens with one attached hydrogen (secondary N) is 1. The van der Waals surface area contributed by atoms with Gasteiger partial charge in [0.05, 0.1) is 10.7 Å². The lowest BCUT2D eigenvalue weighted by molar-refractivity contribution is 0.874. The summed E-state index contributed by atoms with van der Waals surface area (Å²) in [4.78, 5) is 11.0. The number of hydrogen-bond acceptors (Lipinski definition) is 2. The summed E-state index contributed by atoms with van der Waals surface area (Å²) >= 11 is 5.94. The SMILES string of the molecule is Nc1cc(=O)[nH]n1-c1ccccc1Cl. The van der Waals surface area contributed by atoms with Gasteiger partial charge < -0.3 is 5.73 Å². The maximum Gasteiger partial charge on any atom is 0.266 e. The quantitative estimate of drug-likeness (QED) is 0.746. The lowest BCUT2D eigenvalue weighted by Gasteiger charge is -2.05. The van der Waals surface area contributed by atoms with Crippen molar-refractivity contribution in [3.63, 3.8) is 0 Å². The fourth-order valence-corrected chi connectivity index (χ4v) is 1.46. The van der Waals surface area contributed by atoms with Gasteiger partial charge in [0, 0.05) is 6.07 Å². The fourth-order valence-electron chi connectivity index (χ4n) is 1.24. The Kier molecular flexibility index (Phi) is 2.05. The van der Waals surface area contributed by atoms with Gasteiger partial charge in [-0.1, -0.05) is 23.7 Å². The molecule has 0 aliphatic carbocycles. The summed E-state index contributed by atoms with van der Waals surface area (Å²) in [6, 6.07) is 8.44. The van der Waals surface area contributed by atoms with Crippen LogP contribution < -0.4 is 11.3 Å². The Morgan fingerprint density at radius 1 is 1.36 bits per heavy atom. The third kappa shape index (κ3) is 1.40. The highest BCUT2D eigenvalue weighted by molar-refractivity contribution is 6.32. The molecule has 3 N–H and O–H groups in total. The number of nitrogen functional groups attached to an aromatic ring is 1. The number of hydrogen-bond donors (Lipinski definition) is 2. The van der Waals surface area contributed by atoms with Crippen molar-refractivity contribution in [3.05, 3.63) is 45.7 Å². The molecule has 14 heavy (non-hydrogen) atoms. The third-order valence-electron chi connectivity index (χ3n) is 1.85. The normalized spacial score (nSPS) is 10.4. The molecule has 4 nitrogen and oxygen atoms in total. The molecule has 0 spiro atoms. The van der Waals surface area contributed by atoms with Crippen LogP contribution in [0.15, 0.2) is 35.1 Å². The Balaban J connectivity index is 2.66. The van der Waals surface area contributed by atoms with Crippen LogP contribution in [0.5, 0.6) is 0 Å². The lowest BCUT2D eigenvalue weighted by atomic mass is 10.3. The van der Waals surface area contributed by atoms with E-state index in [1.165, 1.54) is 10.7 Å². The maximum absolute atomic E-state index is 11.0. The van der Waals surface area contributed by atoms with Gasteiger partial charge in [-0.2, -0.15) is 0 Å². The van der Waals surface area contributed by atoms with E-state index in [4.69, 9.17) is 17.3 Å². The van der Waals surface area contributed by atoms with Gasteiger partial charge in [0.25, 0.3) is 5.56 Å². The maximum atomic E-state index is 11.0. The van der Waals surface area contributed by atoms with Gasteiger partial charge in [0.15, 0.2) is 0 Å². The van der Waals surface area contributed by atoms with Crippen LogP contribution in [-0.4, -0.2) is 9.78 Å². The standard InChI is InChI=1S/C9H8ClN3O/c10-6-3-1-2-4-7(6)13-8(11)5-9(14)12-13/h1-5H,11H2,(H,12,14). The van der Waals surface area contributed by atoms with Gasteiger partial charge in [-0.3, -0.25) is 9.89 Å². The minimum Gasteiger partial charge on any atom is -0.384 e. The molecule has 0 radical (unpaired) electrons. The molecular formula is C9H8ClN3O. The van der Waals surface area contributed by atoms with E-state index in [1.807, 2.05) is 12.1 Å². The number of anilines is 1. The van der Waals surface area contributed by atoms with Crippen molar-refractivity contribution in [2.75, 3.05) is 5.73 Å². The highest BCUT2D eigenvalue weighted by Gasteiger charge is 2.05. The number of H-pyrrole nitrogens is 1. The first-order chi connectivity index (χ1) is 6.68. The first kappa shape index (κ1) is 8.90. The highest BCUT2D eigenvalue weighted by Crippen LogP contribution is 2.20. The topological polar surface area (TPSA) is 63.8 Å². The third-order valence-corrected chi connectivity index (χ3v) is 2.17. The van der Waals surface area contributed by atoms with Gasteiger partial charge in [0.2, 0.25) is 0 Å². The molecule has 0 aliphatic heterocycles. The van der Waals surface area contributed by atoms with E-state index in [-0.39, 0.29) is 5.56 Å². The average molecular weight is 210 g/mol. The molecule has 5 heteroatoms. The summed E-state index contributed by atoms with van der Waals surface area (Å²) in [5, 5.41) is 3.09. The second-order valence-corrected chi connectivity index (χ2v) is 3.24. The van der Waals surface area contributed by atoms with Crippen LogP contribution >= 0.6 is 11.6 Å². The van der Waals surface area contributed by atoms with Gasteiger partial charge >= 0.3 is 0 Å². The number of aromatic amines is 1. The summed E-state index contributed by atoms with van der Waals surface area (Å²) in [5.74, 6) is 0.336. The molecule has 0 unspecified atom stereocenters. The number of rotatable bonds is 1. The number of aromatic nitrogens is 2. The summed E-state index contributed by atoms with van der Waals surface area (Å²) in [6.07, 6.45) is 0. The molecule has 0 aliphatic rings. The molecule has 1 aromatic heterocycles. The van der Waals surface area contributed by atoms with Crippen molar-refractivity contribution in [1.82, 2.24) is 9.78 Å². The predicted molar refractivity (Wildman–Crippen MR) is 55.8 cm³/mol. The van der Waals surface area contributed by atoms with E-state index in [1.54, 1.807) is 12.1 Å². The molecule has 72 valence electrons. The minimum absolute atomic E-state index is 0.248. The fraction of sp³-hybridized carbons (Fsp3) is 0. The second-order valence-electron chi connectivity index (χ2n) is 2.83. The van der Waals surface area contributed by atoms with Gasteiger partial charge in [-0.15, -0.1) is 0 Å². The number of benzene rings is 1. The van der Waals surface area contributed by atoms with Gasteiger partial charge in [-0.25, -0.2) is 4.68 Å². The Labute approximate surface area is 84.9 Å². The smallest absolute Gasteiger partial charge is 0.266 e. The Bertz CT molecular complexity index is 515. The van der Waals surface area contributed by atoms with Crippen molar-refractivity contribution in [2.45, 2.75) is 0 Å². The van der Waals surface area contributed by atoms with E-state index in [0.717, 1.165) is 0 Å². The first-order valence-corrected chi connectivity index (χ1v) is 4.39. The van der Waals surface area contributed by atoms with Crippen LogP contribution in [-0.2, 0) is 0 Å². The predicted octanol–water partition coefficient (Wildman–Crippen LogP) is 1.40. The monoisotopic (exact) mass is 209 g/mol. The zero-order valence-electron chi connectivity index (χ0n) is 7.20. The molecule has 1 aromatic carbocycles. The molecule has 0 saturated carbocycles. The molecule has 0 amide bonds. The Morgan fingerprint density at radius 2 is 2.07 bits per heavy atom. The van der Waals surface area contributed by atoms with E-state index in [0.29, 0.717) is 16.5 Å². The van der Waals surface area contributed by atoms with Crippen molar-refractivity contribution >= 4 is 17.4 Å². The average Bonchev–Trinajstić information content (AvgIpc) is 2.46. The lowest BCUT2D eigenvalue weighted by Crippen LogP contribution is -2.05. The van der Waals surface area contributed by atoms with Crippen LogP contribution in [0, 0.1) is 0 Å². The zero-order chi connectivity index (χ0) is 10.1. The van der Waals surface area contributed by atoms with E-state index >= 15 is 0 Å². The molecule has 0 bridgehead atoms. The summed E-state index contributed by atoms with van der Waals surface area (Å²) < 4.78 is 1.45. The number of nitrogens with zero attached hydrogens (tertiary/aromatic N) is 1. The molecular weight excluding hydrogens is 202 g/mol. The second kappa shape index (κ2) is 3.23. The molecule has 0 saturated heterocycles. The van der Waals surface area contributed by atoms with Gasteiger partial charge in [0.1, 0.15) is 5.82 Å².